The summed E-state index contributed by atoms with van der Waals surface area (Å²) in [5.41, 5.74) is 0. The molecule has 0 saturated heterocycles. The number of thioether (sulfide) groups is 1. The van der Waals surface area contributed by atoms with Gasteiger partial charge in [0.2, 0.25) is 0 Å². The van der Waals surface area contributed by atoms with Gasteiger partial charge in [0.25, 0.3) is 0 Å². The van der Waals surface area contributed by atoms with Crippen LogP contribution < -0.4 is 0 Å². The predicted molar refractivity (Wildman–Crippen MR) is 69.6 cm³/mol. The van der Waals surface area contributed by atoms with E-state index in [2.05, 4.69) is 6.07 Å². The Labute approximate surface area is 108 Å². The monoisotopic (exact) mass is 251 g/mol. The Balaban J connectivity index is 1.71. The molecule has 0 aromatic rings. The van der Waals surface area contributed by atoms with Gasteiger partial charge in [-0.05, 0) is 56.3 Å². The molecule has 0 aromatic heterocycles. The van der Waals surface area contributed by atoms with Gasteiger partial charge in [-0.3, -0.25) is 0 Å². The van der Waals surface area contributed by atoms with Crippen LogP contribution in [0.2, 0.25) is 0 Å². The van der Waals surface area contributed by atoms with Gasteiger partial charge in [-0.1, -0.05) is 0 Å². The summed E-state index contributed by atoms with van der Waals surface area (Å²) in [6.45, 7) is 0.167. The van der Waals surface area contributed by atoms with Crippen LogP contribution in [-0.2, 0) is 0 Å². The molecule has 4 bridgehead atoms. The summed E-state index contributed by atoms with van der Waals surface area (Å²) in [5.74, 6) is 2.86. The van der Waals surface area contributed by atoms with E-state index < -0.39 is 0 Å². The van der Waals surface area contributed by atoms with E-state index in [1.807, 2.05) is 11.8 Å². The van der Waals surface area contributed by atoms with Gasteiger partial charge in [0.05, 0.1) is 12.7 Å². The molecule has 4 aliphatic carbocycles. The van der Waals surface area contributed by atoms with Gasteiger partial charge in [-0.25, -0.2) is 0 Å². The molecule has 94 valence electrons. The number of aliphatic hydroxyl groups is 1. The van der Waals surface area contributed by atoms with Crippen LogP contribution in [0.5, 0.6) is 0 Å². The maximum absolute atomic E-state index is 9.39. The van der Waals surface area contributed by atoms with E-state index in [1.165, 1.54) is 38.5 Å². The molecule has 1 N–H and O–H groups in total. The average molecular weight is 251 g/mol. The summed E-state index contributed by atoms with van der Waals surface area (Å²) in [5, 5.41) is 18.3. The van der Waals surface area contributed by atoms with Crippen molar-refractivity contribution in [3.63, 3.8) is 0 Å². The molecule has 4 saturated carbocycles. The van der Waals surface area contributed by atoms with E-state index in [9.17, 15) is 5.11 Å². The molecular weight excluding hydrogens is 230 g/mol. The molecule has 0 aliphatic heterocycles. The van der Waals surface area contributed by atoms with Crippen molar-refractivity contribution >= 4 is 11.8 Å². The number of aliphatic hydroxyl groups excluding tert-OH is 1. The maximum Gasteiger partial charge on any atom is 0.0634 e. The largest absolute Gasteiger partial charge is 0.395 e. The molecule has 4 rings (SSSR count). The molecule has 0 aromatic carbocycles. The first-order valence-electron chi connectivity index (χ1n) is 6.88. The zero-order chi connectivity index (χ0) is 11.9. The van der Waals surface area contributed by atoms with Gasteiger partial charge in [0.1, 0.15) is 0 Å². The van der Waals surface area contributed by atoms with Crippen LogP contribution in [-0.4, -0.2) is 21.7 Å². The van der Waals surface area contributed by atoms with Crippen molar-refractivity contribution in [2.75, 3.05) is 6.61 Å². The quantitative estimate of drug-likeness (QED) is 0.835. The molecule has 1 atom stereocenters. The van der Waals surface area contributed by atoms with Crippen LogP contribution in [0.1, 0.15) is 44.9 Å². The molecule has 0 radical (unpaired) electrons. The van der Waals surface area contributed by atoms with Crippen molar-refractivity contribution in [2.45, 2.75) is 54.9 Å². The highest BCUT2D eigenvalue weighted by atomic mass is 32.2. The molecule has 0 spiro atoms. The van der Waals surface area contributed by atoms with E-state index in [-0.39, 0.29) is 11.9 Å². The molecule has 0 heterocycles. The summed E-state index contributed by atoms with van der Waals surface area (Å²) >= 11 is 1.95. The van der Waals surface area contributed by atoms with Crippen LogP contribution in [0, 0.1) is 29.1 Å². The molecular formula is C14H21NOS. The highest BCUT2D eigenvalue weighted by Gasteiger charge is 2.51. The van der Waals surface area contributed by atoms with E-state index in [0.717, 1.165) is 17.8 Å². The average Bonchev–Trinajstić information content (AvgIpc) is 2.26. The lowest BCUT2D eigenvalue weighted by Gasteiger charge is -2.57. The molecule has 3 heteroatoms. The Kier molecular flexibility index (Phi) is 3.13. The second-order valence-corrected chi connectivity index (χ2v) is 8.15. The third-order valence-corrected chi connectivity index (χ3v) is 6.57. The second-order valence-electron chi connectivity index (χ2n) is 6.39. The minimum atomic E-state index is 0.149. The number of nitrogens with zero attached hydrogens (tertiary/aromatic N) is 1. The fraction of sp³-hybridized carbons (Fsp3) is 0.929. The van der Waals surface area contributed by atoms with E-state index in [0.29, 0.717) is 11.2 Å². The summed E-state index contributed by atoms with van der Waals surface area (Å²) in [6, 6.07) is 2.22. The Bertz CT molecular complexity index is 300. The Morgan fingerprint density at radius 1 is 1.18 bits per heavy atom. The summed E-state index contributed by atoms with van der Waals surface area (Å²) in [7, 11) is 0. The molecule has 4 fully saturated rings. The lowest BCUT2D eigenvalue weighted by Crippen LogP contribution is -2.49. The first kappa shape index (κ1) is 11.9. The van der Waals surface area contributed by atoms with Crippen molar-refractivity contribution in [2.24, 2.45) is 17.8 Å². The summed E-state index contributed by atoms with van der Waals surface area (Å²) < 4.78 is 0.430. The normalized spacial score (nSPS) is 44.6. The highest BCUT2D eigenvalue weighted by molar-refractivity contribution is 8.01. The minimum Gasteiger partial charge on any atom is -0.395 e. The summed E-state index contributed by atoms with van der Waals surface area (Å²) in [6.07, 6.45) is 8.94. The Morgan fingerprint density at radius 3 is 2.12 bits per heavy atom. The first-order chi connectivity index (χ1) is 8.23. The van der Waals surface area contributed by atoms with E-state index in [4.69, 9.17) is 5.26 Å². The van der Waals surface area contributed by atoms with Gasteiger partial charge in [0, 0.05) is 16.4 Å². The SMILES string of the molecule is N#CCC(CO)SC12CC3CC(CC(C3)C1)C2. The highest BCUT2D eigenvalue weighted by Crippen LogP contribution is 2.61. The van der Waals surface area contributed by atoms with Crippen molar-refractivity contribution in [1.29, 1.82) is 5.26 Å². The molecule has 4 aliphatic rings. The van der Waals surface area contributed by atoms with Gasteiger partial charge >= 0.3 is 0 Å². The topological polar surface area (TPSA) is 44.0 Å². The zero-order valence-corrected chi connectivity index (χ0v) is 11.1. The standard InChI is InChI=1S/C14H21NOS/c15-2-1-13(9-16)17-14-6-10-3-11(7-14)5-12(4-10)8-14/h10-13,16H,1,3-9H2. The van der Waals surface area contributed by atoms with Crippen molar-refractivity contribution in [3.8, 4) is 6.07 Å². The number of hydrogen-bond acceptors (Lipinski definition) is 3. The van der Waals surface area contributed by atoms with E-state index >= 15 is 0 Å². The molecule has 2 nitrogen and oxygen atoms in total. The van der Waals surface area contributed by atoms with Crippen LogP contribution in [0.3, 0.4) is 0 Å². The Morgan fingerprint density at radius 2 is 1.71 bits per heavy atom. The van der Waals surface area contributed by atoms with Crippen LogP contribution in [0.4, 0.5) is 0 Å². The van der Waals surface area contributed by atoms with Crippen molar-refractivity contribution in [3.05, 3.63) is 0 Å². The second kappa shape index (κ2) is 4.48. The van der Waals surface area contributed by atoms with Crippen molar-refractivity contribution in [1.82, 2.24) is 0 Å². The van der Waals surface area contributed by atoms with E-state index in [1.54, 1.807) is 0 Å². The number of hydrogen-bond donors (Lipinski definition) is 1. The van der Waals surface area contributed by atoms with Gasteiger partial charge in [-0.2, -0.15) is 5.26 Å². The zero-order valence-electron chi connectivity index (χ0n) is 10.3. The van der Waals surface area contributed by atoms with Crippen LogP contribution in [0.15, 0.2) is 0 Å². The van der Waals surface area contributed by atoms with Crippen molar-refractivity contribution < 1.29 is 5.11 Å². The fourth-order valence-corrected chi connectivity index (χ4v) is 6.71. The lowest BCUT2D eigenvalue weighted by atomic mass is 9.56. The Hall–Kier alpha value is -0.200. The van der Waals surface area contributed by atoms with Gasteiger partial charge in [-0.15, -0.1) is 11.8 Å². The predicted octanol–water partition coefficient (Wildman–Crippen LogP) is 2.96. The smallest absolute Gasteiger partial charge is 0.0634 e. The molecule has 0 amide bonds. The summed E-state index contributed by atoms with van der Waals surface area (Å²) in [4.78, 5) is 0. The van der Waals surface area contributed by atoms with Crippen LogP contribution >= 0.6 is 11.8 Å². The molecule has 1 unspecified atom stereocenters. The van der Waals surface area contributed by atoms with Crippen LogP contribution in [0.25, 0.3) is 0 Å². The third-order valence-electron chi connectivity index (χ3n) is 4.92. The first-order valence-corrected chi connectivity index (χ1v) is 7.76. The maximum atomic E-state index is 9.39. The third kappa shape index (κ3) is 2.22. The molecule has 17 heavy (non-hydrogen) atoms. The fourth-order valence-electron chi connectivity index (χ4n) is 4.77. The van der Waals surface area contributed by atoms with Gasteiger partial charge in [0.15, 0.2) is 0 Å². The minimum absolute atomic E-state index is 0.149. The lowest BCUT2D eigenvalue weighted by molar-refractivity contribution is 0.0379. The number of rotatable bonds is 4. The van der Waals surface area contributed by atoms with Gasteiger partial charge < -0.3 is 5.11 Å². The number of nitriles is 1.